The van der Waals surface area contributed by atoms with Crippen molar-refractivity contribution < 1.29 is 9.29 Å². The summed E-state index contributed by atoms with van der Waals surface area (Å²) in [6.07, 6.45) is 3.29. The van der Waals surface area contributed by atoms with Gasteiger partial charge in [0.15, 0.2) is 0 Å². The van der Waals surface area contributed by atoms with Crippen LogP contribution in [0.2, 0.25) is 0 Å². The third kappa shape index (κ3) is 3.25. The zero-order chi connectivity index (χ0) is 16.7. The summed E-state index contributed by atoms with van der Waals surface area (Å²) in [5, 5.41) is 3.46. The average Bonchev–Trinajstić information content (AvgIpc) is 2.79. The molecular formula is C18H28N2O2S. The number of methoxy groups -OCH3 is 1. The molecule has 3 rings (SSSR count). The molecule has 0 saturated carbocycles. The minimum Gasteiger partial charge on any atom is -0.598 e. The molecule has 2 aliphatic rings. The van der Waals surface area contributed by atoms with E-state index in [0.29, 0.717) is 0 Å². The highest BCUT2D eigenvalue weighted by molar-refractivity contribution is 7.90. The quantitative estimate of drug-likeness (QED) is 0.834. The maximum absolute atomic E-state index is 12.8. The van der Waals surface area contributed by atoms with Gasteiger partial charge in [0.1, 0.15) is 10.5 Å². The highest BCUT2D eigenvalue weighted by Gasteiger charge is 2.49. The molecule has 4 nitrogen and oxygen atoms in total. The maximum Gasteiger partial charge on any atom is 0.136 e. The molecule has 128 valence electrons. The predicted octanol–water partition coefficient (Wildman–Crippen LogP) is 2.71. The first-order valence-corrected chi connectivity index (χ1v) is 9.56. The van der Waals surface area contributed by atoms with Crippen LogP contribution < -0.4 is 14.8 Å². The Kier molecular flexibility index (Phi) is 4.67. The summed E-state index contributed by atoms with van der Waals surface area (Å²) in [7, 11) is 1.70. The van der Waals surface area contributed by atoms with Gasteiger partial charge in [-0.1, -0.05) is 6.07 Å². The number of nitrogens with one attached hydrogen (secondary N) is 2. The first-order valence-electron chi connectivity index (χ1n) is 8.41. The summed E-state index contributed by atoms with van der Waals surface area (Å²) in [4.78, 5) is 0. The van der Waals surface area contributed by atoms with Crippen molar-refractivity contribution in [2.45, 2.75) is 50.8 Å². The molecule has 1 fully saturated rings. The fraction of sp³-hybridized carbons (Fsp3) is 0.667. The Morgan fingerprint density at radius 1 is 1.30 bits per heavy atom. The van der Waals surface area contributed by atoms with E-state index in [1.165, 1.54) is 11.1 Å². The molecule has 0 bridgehead atoms. The van der Waals surface area contributed by atoms with Crippen LogP contribution in [-0.4, -0.2) is 29.5 Å². The molecule has 2 atom stereocenters. The highest BCUT2D eigenvalue weighted by Crippen LogP contribution is 2.52. The molecule has 1 aliphatic heterocycles. The van der Waals surface area contributed by atoms with E-state index in [1.54, 1.807) is 7.11 Å². The summed E-state index contributed by atoms with van der Waals surface area (Å²) in [6, 6.07) is 6.48. The van der Waals surface area contributed by atoms with Gasteiger partial charge in [0.2, 0.25) is 0 Å². The zero-order valence-corrected chi connectivity index (χ0v) is 15.4. The van der Waals surface area contributed by atoms with Gasteiger partial charge in [0.05, 0.1) is 13.2 Å². The van der Waals surface area contributed by atoms with E-state index in [9.17, 15) is 4.55 Å². The smallest absolute Gasteiger partial charge is 0.136 e. The van der Waals surface area contributed by atoms with E-state index < -0.39 is 11.4 Å². The Hall–Kier alpha value is -0.750. The fourth-order valence-corrected chi connectivity index (χ4v) is 4.75. The van der Waals surface area contributed by atoms with Crippen LogP contribution in [0.15, 0.2) is 18.2 Å². The molecular weight excluding hydrogens is 308 g/mol. The zero-order valence-electron chi connectivity index (χ0n) is 14.6. The second kappa shape index (κ2) is 6.28. The van der Waals surface area contributed by atoms with Crippen molar-refractivity contribution in [2.75, 3.05) is 20.2 Å². The van der Waals surface area contributed by atoms with Crippen molar-refractivity contribution >= 4 is 11.4 Å². The van der Waals surface area contributed by atoms with E-state index in [2.05, 4.69) is 22.2 Å². The van der Waals surface area contributed by atoms with Crippen molar-refractivity contribution in [3.05, 3.63) is 29.3 Å². The van der Waals surface area contributed by atoms with Gasteiger partial charge >= 0.3 is 0 Å². The van der Waals surface area contributed by atoms with Gasteiger partial charge in [-0.2, -0.15) is 0 Å². The van der Waals surface area contributed by atoms with Gasteiger partial charge in [-0.25, -0.2) is 0 Å². The first-order chi connectivity index (χ1) is 10.9. The molecule has 1 aromatic rings. The molecule has 0 unspecified atom stereocenters. The van der Waals surface area contributed by atoms with Crippen molar-refractivity contribution in [1.29, 1.82) is 0 Å². The van der Waals surface area contributed by atoms with E-state index in [0.717, 1.165) is 38.1 Å². The van der Waals surface area contributed by atoms with Crippen LogP contribution in [0, 0.1) is 5.41 Å². The number of piperidine rings is 1. The largest absolute Gasteiger partial charge is 0.598 e. The van der Waals surface area contributed by atoms with Gasteiger partial charge in [-0.05, 0) is 76.4 Å². The molecule has 1 aromatic carbocycles. The lowest BCUT2D eigenvalue weighted by Gasteiger charge is -2.40. The van der Waals surface area contributed by atoms with Gasteiger partial charge in [0, 0.05) is 16.8 Å². The second-order valence-electron chi connectivity index (χ2n) is 7.79. The molecule has 5 heteroatoms. The van der Waals surface area contributed by atoms with Gasteiger partial charge in [0.25, 0.3) is 0 Å². The predicted molar refractivity (Wildman–Crippen MR) is 95.0 cm³/mol. The Morgan fingerprint density at radius 3 is 2.61 bits per heavy atom. The van der Waals surface area contributed by atoms with Crippen LogP contribution in [0.4, 0.5) is 0 Å². The first kappa shape index (κ1) is 17.1. The van der Waals surface area contributed by atoms with Crippen molar-refractivity contribution in [3.8, 4) is 5.75 Å². The summed E-state index contributed by atoms with van der Waals surface area (Å²) < 4.78 is 21.4. The van der Waals surface area contributed by atoms with Crippen LogP contribution in [-0.2, 0) is 17.8 Å². The highest BCUT2D eigenvalue weighted by atomic mass is 32.2. The number of fused-ring (bicyclic) bond motifs is 1. The van der Waals surface area contributed by atoms with E-state index in [1.807, 2.05) is 26.8 Å². The monoisotopic (exact) mass is 336 g/mol. The van der Waals surface area contributed by atoms with Gasteiger partial charge in [-0.15, -0.1) is 4.72 Å². The molecule has 23 heavy (non-hydrogen) atoms. The Balaban J connectivity index is 1.96. The Bertz CT molecular complexity index is 565. The molecule has 1 heterocycles. The standard InChI is InChI=1S/C18H28N2O2S/c1-17(2,3)23(21)20-16-15-11-14(22-4)6-5-13(15)12-18(16)7-9-19-10-8-18/h5-6,11,16,19-20H,7-10,12H2,1-4H3/t16-,23-/m1/s1. The minimum absolute atomic E-state index is 0.134. The van der Waals surface area contributed by atoms with Crippen LogP contribution in [0.25, 0.3) is 0 Å². The SMILES string of the molecule is COc1ccc2c(c1)[C@@H](N[S@+]([O-])C(C)(C)C)C1(CCNCC1)C2. The van der Waals surface area contributed by atoms with Crippen LogP contribution in [0.5, 0.6) is 5.75 Å². The molecule has 0 amide bonds. The number of rotatable bonds is 3. The van der Waals surface area contributed by atoms with Crippen LogP contribution >= 0.6 is 0 Å². The number of benzene rings is 1. The molecule has 1 saturated heterocycles. The van der Waals surface area contributed by atoms with E-state index >= 15 is 0 Å². The third-order valence-corrected chi connectivity index (χ3v) is 6.76. The Labute approximate surface area is 142 Å². The normalized spacial score (nSPS) is 24.5. The topological polar surface area (TPSA) is 56.3 Å². The van der Waals surface area contributed by atoms with Crippen molar-refractivity contribution in [1.82, 2.24) is 10.0 Å². The summed E-state index contributed by atoms with van der Waals surface area (Å²) in [5.41, 5.74) is 2.81. The Morgan fingerprint density at radius 2 is 2.00 bits per heavy atom. The molecule has 2 N–H and O–H groups in total. The number of ether oxygens (including phenoxy) is 1. The average molecular weight is 337 g/mol. The van der Waals surface area contributed by atoms with E-state index in [-0.39, 0.29) is 16.2 Å². The lowest BCUT2D eigenvalue weighted by Crippen LogP contribution is -2.48. The summed E-state index contributed by atoms with van der Waals surface area (Å²) in [6.45, 7) is 8.13. The lowest BCUT2D eigenvalue weighted by atomic mass is 9.73. The number of hydrogen-bond donors (Lipinski definition) is 2. The summed E-state index contributed by atoms with van der Waals surface area (Å²) in [5.74, 6) is 0.878. The van der Waals surface area contributed by atoms with E-state index in [4.69, 9.17) is 4.74 Å². The third-order valence-electron chi connectivity index (χ3n) is 5.20. The molecule has 0 radical (unpaired) electrons. The van der Waals surface area contributed by atoms with Gasteiger partial charge in [-0.3, -0.25) is 0 Å². The molecule has 1 spiro atoms. The minimum atomic E-state index is -1.08. The molecule has 1 aliphatic carbocycles. The fourth-order valence-electron chi connectivity index (χ4n) is 3.80. The van der Waals surface area contributed by atoms with Crippen molar-refractivity contribution in [2.24, 2.45) is 5.41 Å². The molecule has 0 aromatic heterocycles. The number of hydrogen-bond acceptors (Lipinski definition) is 4. The second-order valence-corrected chi connectivity index (χ2v) is 9.78. The van der Waals surface area contributed by atoms with Crippen LogP contribution in [0.1, 0.15) is 50.8 Å². The summed E-state index contributed by atoms with van der Waals surface area (Å²) >= 11 is -1.08. The lowest BCUT2D eigenvalue weighted by molar-refractivity contribution is 0.163. The van der Waals surface area contributed by atoms with Crippen LogP contribution in [0.3, 0.4) is 0 Å². The van der Waals surface area contributed by atoms with Gasteiger partial charge < -0.3 is 14.6 Å². The van der Waals surface area contributed by atoms with Crippen molar-refractivity contribution in [3.63, 3.8) is 0 Å². The maximum atomic E-state index is 12.8.